The molecule has 1 saturated heterocycles. The first-order chi connectivity index (χ1) is 15.1. The van der Waals surface area contributed by atoms with Crippen LogP contribution in [-0.4, -0.2) is 48.4 Å². The number of rotatable bonds is 7. The molecule has 0 bridgehead atoms. The van der Waals surface area contributed by atoms with Gasteiger partial charge in [-0.25, -0.2) is 0 Å². The van der Waals surface area contributed by atoms with Gasteiger partial charge in [-0.05, 0) is 48.2 Å². The summed E-state index contributed by atoms with van der Waals surface area (Å²) in [5, 5.41) is 3.43. The highest BCUT2D eigenvalue weighted by Crippen LogP contribution is 2.29. The van der Waals surface area contributed by atoms with Gasteiger partial charge in [0.15, 0.2) is 6.29 Å². The van der Waals surface area contributed by atoms with Crippen molar-refractivity contribution in [1.29, 1.82) is 0 Å². The lowest BCUT2D eigenvalue weighted by molar-refractivity contribution is -0.112. The summed E-state index contributed by atoms with van der Waals surface area (Å²) in [4.78, 5) is 16.7. The van der Waals surface area contributed by atoms with E-state index in [1.165, 1.54) is 22.3 Å². The molecular weight excluding hydrogens is 382 g/mol. The molecule has 3 aromatic rings. The van der Waals surface area contributed by atoms with E-state index in [9.17, 15) is 4.79 Å². The fourth-order valence-electron chi connectivity index (χ4n) is 4.60. The summed E-state index contributed by atoms with van der Waals surface area (Å²) < 4.78 is 0. The number of carbonyl (C=O) groups is 1. The second-order valence-corrected chi connectivity index (χ2v) is 8.40. The summed E-state index contributed by atoms with van der Waals surface area (Å²) in [6.07, 6.45) is 0.717. The van der Waals surface area contributed by atoms with Crippen LogP contribution in [0.15, 0.2) is 78.9 Å². The number of hydrogen-bond acceptors (Lipinski definition) is 4. The molecule has 1 fully saturated rings. The van der Waals surface area contributed by atoms with Gasteiger partial charge in [0.25, 0.3) is 0 Å². The van der Waals surface area contributed by atoms with Crippen LogP contribution in [0.4, 0.5) is 5.69 Å². The highest BCUT2D eigenvalue weighted by atomic mass is 16.1. The predicted molar refractivity (Wildman–Crippen MR) is 127 cm³/mol. The van der Waals surface area contributed by atoms with Crippen LogP contribution in [0.3, 0.4) is 0 Å². The molecule has 0 aliphatic carbocycles. The molecular formula is C27H31N3O. The zero-order valence-corrected chi connectivity index (χ0v) is 18.4. The average Bonchev–Trinajstić information content (AvgIpc) is 2.79. The second kappa shape index (κ2) is 9.90. The summed E-state index contributed by atoms with van der Waals surface area (Å²) in [5.74, 6) is 0. The molecule has 160 valence electrons. The number of aldehydes is 1. The Morgan fingerprint density at radius 3 is 1.71 bits per heavy atom. The second-order valence-electron chi connectivity index (χ2n) is 8.40. The molecule has 1 unspecified atom stereocenters. The minimum absolute atomic E-state index is 0.228. The van der Waals surface area contributed by atoms with Crippen molar-refractivity contribution in [2.24, 2.45) is 0 Å². The number of benzene rings is 3. The lowest BCUT2D eigenvalue weighted by Crippen LogP contribution is -2.54. The third-order valence-electron chi connectivity index (χ3n) is 6.00. The van der Waals surface area contributed by atoms with Crippen molar-refractivity contribution in [3.8, 4) is 0 Å². The highest BCUT2D eigenvalue weighted by Gasteiger charge is 2.29. The molecule has 1 aliphatic heterocycles. The standard InChI is InChI=1S/C27H31N3O/c1-21-17-22(2)19-25(18-21)28-26(20-31)29-13-15-30(16-14-29)27(23-9-5-3-6-10-23)24-11-7-4-8-12-24/h3-12,17-20,26-28H,13-16H2,1-2H3. The van der Waals surface area contributed by atoms with Crippen molar-refractivity contribution in [2.75, 3.05) is 31.5 Å². The third-order valence-corrected chi connectivity index (χ3v) is 6.00. The summed E-state index contributed by atoms with van der Waals surface area (Å²) in [6, 6.07) is 28.0. The van der Waals surface area contributed by atoms with E-state index in [0.717, 1.165) is 38.2 Å². The molecule has 0 aromatic heterocycles. The maximum Gasteiger partial charge on any atom is 0.157 e. The lowest BCUT2D eigenvalue weighted by Gasteiger charge is -2.41. The molecule has 3 aromatic carbocycles. The quantitative estimate of drug-likeness (QED) is 0.572. The summed E-state index contributed by atoms with van der Waals surface area (Å²) in [5.41, 5.74) is 6.02. The fraction of sp³-hybridized carbons (Fsp3) is 0.296. The highest BCUT2D eigenvalue weighted by molar-refractivity contribution is 5.64. The van der Waals surface area contributed by atoms with Gasteiger partial charge < -0.3 is 5.32 Å². The molecule has 4 nitrogen and oxygen atoms in total. The van der Waals surface area contributed by atoms with E-state index in [1.54, 1.807) is 0 Å². The first-order valence-electron chi connectivity index (χ1n) is 11.0. The van der Waals surface area contributed by atoms with Crippen molar-refractivity contribution in [1.82, 2.24) is 9.80 Å². The van der Waals surface area contributed by atoms with E-state index < -0.39 is 0 Å². The Bertz CT molecular complexity index is 922. The molecule has 0 spiro atoms. The smallest absolute Gasteiger partial charge is 0.157 e. The van der Waals surface area contributed by atoms with Gasteiger partial charge >= 0.3 is 0 Å². The van der Waals surface area contributed by atoms with Gasteiger partial charge in [-0.1, -0.05) is 66.7 Å². The number of nitrogens with one attached hydrogen (secondary N) is 1. The Hall–Kier alpha value is -2.95. The summed E-state index contributed by atoms with van der Waals surface area (Å²) >= 11 is 0. The van der Waals surface area contributed by atoms with Crippen LogP contribution >= 0.6 is 0 Å². The zero-order valence-electron chi connectivity index (χ0n) is 18.4. The minimum Gasteiger partial charge on any atom is -0.364 e. The molecule has 1 atom stereocenters. The van der Waals surface area contributed by atoms with Crippen LogP contribution < -0.4 is 5.32 Å². The summed E-state index contributed by atoms with van der Waals surface area (Å²) in [7, 11) is 0. The molecule has 4 heteroatoms. The van der Waals surface area contributed by atoms with Gasteiger partial charge in [0.05, 0.1) is 6.04 Å². The van der Waals surface area contributed by atoms with E-state index in [-0.39, 0.29) is 12.2 Å². The van der Waals surface area contributed by atoms with E-state index >= 15 is 0 Å². The van der Waals surface area contributed by atoms with Crippen LogP contribution in [0.5, 0.6) is 0 Å². The molecule has 1 aliphatic rings. The van der Waals surface area contributed by atoms with Crippen molar-refractivity contribution in [3.05, 3.63) is 101 Å². The molecule has 31 heavy (non-hydrogen) atoms. The average molecular weight is 414 g/mol. The minimum atomic E-state index is -0.310. The number of hydrogen-bond donors (Lipinski definition) is 1. The van der Waals surface area contributed by atoms with Crippen LogP contribution in [0, 0.1) is 13.8 Å². The first-order valence-corrected chi connectivity index (χ1v) is 11.0. The van der Waals surface area contributed by atoms with Gasteiger partial charge in [0.2, 0.25) is 0 Å². The molecule has 1 heterocycles. The van der Waals surface area contributed by atoms with Crippen LogP contribution in [-0.2, 0) is 4.79 Å². The molecule has 0 radical (unpaired) electrons. The number of carbonyl (C=O) groups excluding carboxylic acids is 1. The number of anilines is 1. The van der Waals surface area contributed by atoms with E-state index in [4.69, 9.17) is 0 Å². The van der Waals surface area contributed by atoms with Gasteiger partial charge in [-0.3, -0.25) is 14.6 Å². The summed E-state index contributed by atoms with van der Waals surface area (Å²) in [6.45, 7) is 7.68. The number of aryl methyl sites for hydroxylation is 2. The Balaban J connectivity index is 1.47. The Kier molecular flexibility index (Phi) is 6.80. The Morgan fingerprint density at radius 2 is 1.23 bits per heavy atom. The van der Waals surface area contributed by atoms with Crippen molar-refractivity contribution in [2.45, 2.75) is 26.1 Å². The molecule has 0 amide bonds. The lowest BCUT2D eigenvalue weighted by atomic mass is 9.96. The largest absolute Gasteiger partial charge is 0.364 e. The van der Waals surface area contributed by atoms with Gasteiger partial charge in [0.1, 0.15) is 6.17 Å². The van der Waals surface area contributed by atoms with Gasteiger partial charge in [-0.2, -0.15) is 0 Å². The fourth-order valence-corrected chi connectivity index (χ4v) is 4.60. The number of nitrogens with zero attached hydrogens (tertiary/aromatic N) is 2. The number of piperazine rings is 1. The van der Waals surface area contributed by atoms with E-state index in [0.29, 0.717) is 0 Å². The van der Waals surface area contributed by atoms with Gasteiger partial charge in [0, 0.05) is 31.9 Å². The van der Waals surface area contributed by atoms with Gasteiger partial charge in [-0.15, -0.1) is 0 Å². The maximum atomic E-state index is 11.9. The maximum absolute atomic E-state index is 11.9. The van der Waals surface area contributed by atoms with Crippen molar-refractivity contribution >= 4 is 12.0 Å². The zero-order chi connectivity index (χ0) is 21.6. The third kappa shape index (κ3) is 5.22. The molecule has 4 rings (SSSR count). The molecule has 0 saturated carbocycles. The molecule has 1 N–H and O–H groups in total. The van der Waals surface area contributed by atoms with E-state index in [2.05, 4.69) is 108 Å². The van der Waals surface area contributed by atoms with Crippen molar-refractivity contribution < 1.29 is 4.79 Å². The SMILES string of the molecule is Cc1cc(C)cc(NC(C=O)N2CCN(C(c3ccccc3)c3ccccc3)CC2)c1. The first kappa shape index (κ1) is 21.3. The predicted octanol–water partition coefficient (Wildman–Crippen LogP) is 4.65. The van der Waals surface area contributed by atoms with Crippen molar-refractivity contribution in [3.63, 3.8) is 0 Å². The van der Waals surface area contributed by atoms with Crippen LogP contribution in [0.2, 0.25) is 0 Å². The van der Waals surface area contributed by atoms with E-state index in [1.807, 2.05) is 0 Å². The van der Waals surface area contributed by atoms with Crippen LogP contribution in [0.25, 0.3) is 0 Å². The Morgan fingerprint density at radius 1 is 0.742 bits per heavy atom. The monoisotopic (exact) mass is 413 g/mol. The Labute approximate surface area is 185 Å². The van der Waals surface area contributed by atoms with Crippen LogP contribution in [0.1, 0.15) is 28.3 Å². The topological polar surface area (TPSA) is 35.6 Å². The normalized spacial score (nSPS) is 16.2.